The van der Waals surface area contributed by atoms with Crippen molar-refractivity contribution in [3.63, 3.8) is 0 Å². The summed E-state index contributed by atoms with van der Waals surface area (Å²) in [4.78, 5) is 15.5. The standard InChI is InChI=1S/C34H34N2O8/c1-33(2)43-17-26(31(44-33)22-7-5-4-6-8-22)36(3)34(18-35,23-10-12-28-30(15-23)42-20-40-28)25-16-38-32(37)24(25)13-21-9-11-27-29(14-21)41-19-39-27/h4-12,14-15,24-26,31H,13,16-17,19-20H2,1-3H3/t24-,25+,26-,31-,34-/m0/s1. The van der Waals surface area contributed by atoms with Crippen LogP contribution < -0.4 is 18.9 Å². The number of rotatable bonds is 7. The summed E-state index contributed by atoms with van der Waals surface area (Å²) in [6.07, 6.45) is -0.0635. The number of carbonyl (C=O) groups is 1. The van der Waals surface area contributed by atoms with Gasteiger partial charge in [0.15, 0.2) is 28.8 Å². The molecule has 0 bridgehead atoms. The van der Waals surface area contributed by atoms with E-state index in [1.165, 1.54) is 0 Å². The van der Waals surface area contributed by atoms with E-state index in [2.05, 4.69) is 6.07 Å². The number of esters is 1. The lowest BCUT2D eigenvalue weighted by Crippen LogP contribution is -2.60. The molecule has 10 heteroatoms. The Hall–Kier alpha value is -4.30. The zero-order valence-electron chi connectivity index (χ0n) is 24.9. The number of carbonyl (C=O) groups excluding carboxylic acids is 1. The fourth-order valence-corrected chi connectivity index (χ4v) is 6.86. The van der Waals surface area contributed by atoms with E-state index in [9.17, 15) is 10.1 Å². The van der Waals surface area contributed by atoms with Crippen molar-refractivity contribution < 1.29 is 38.0 Å². The first kappa shape index (κ1) is 28.5. The summed E-state index contributed by atoms with van der Waals surface area (Å²) in [5.74, 6) is 0.0883. The average molecular weight is 599 g/mol. The van der Waals surface area contributed by atoms with Gasteiger partial charge in [0.2, 0.25) is 13.6 Å². The monoisotopic (exact) mass is 598 g/mol. The lowest BCUT2D eigenvalue weighted by Gasteiger charge is -2.51. The van der Waals surface area contributed by atoms with Gasteiger partial charge in [-0.3, -0.25) is 9.69 Å². The average Bonchev–Trinajstić information content (AvgIpc) is 3.78. The van der Waals surface area contributed by atoms with Crippen molar-refractivity contribution >= 4 is 5.97 Å². The highest BCUT2D eigenvalue weighted by atomic mass is 16.7. The number of ether oxygens (including phenoxy) is 7. The van der Waals surface area contributed by atoms with E-state index >= 15 is 0 Å². The smallest absolute Gasteiger partial charge is 0.309 e. The van der Waals surface area contributed by atoms with Crippen molar-refractivity contribution in [2.75, 3.05) is 33.8 Å². The Balaban J connectivity index is 1.33. The molecule has 44 heavy (non-hydrogen) atoms. The quantitative estimate of drug-likeness (QED) is 0.355. The highest BCUT2D eigenvalue weighted by Crippen LogP contribution is 2.49. The van der Waals surface area contributed by atoms with Crippen LogP contribution in [0.3, 0.4) is 0 Å². The Morgan fingerprint density at radius 3 is 2.30 bits per heavy atom. The number of likely N-dealkylation sites (N-methyl/N-ethyl adjacent to an activating group) is 1. The highest BCUT2D eigenvalue weighted by Gasteiger charge is 2.57. The van der Waals surface area contributed by atoms with Crippen LogP contribution in [0.25, 0.3) is 0 Å². The molecule has 10 nitrogen and oxygen atoms in total. The second-order valence-corrected chi connectivity index (χ2v) is 12.0. The van der Waals surface area contributed by atoms with Gasteiger partial charge in [-0.2, -0.15) is 5.26 Å². The third-order valence-electron chi connectivity index (χ3n) is 9.15. The van der Waals surface area contributed by atoms with Crippen molar-refractivity contribution in [1.82, 2.24) is 4.90 Å². The molecule has 0 unspecified atom stereocenters. The van der Waals surface area contributed by atoms with Crippen LogP contribution >= 0.6 is 0 Å². The van der Waals surface area contributed by atoms with Crippen LogP contribution in [0.2, 0.25) is 0 Å². The minimum absolute atomic E-state index is 0.0658. The number of hydrogen-bond acceptors (Lipinski definition) is 10. The molecule has 0 saturated carbocycles. The number of benzene rings is 3. The molecule has 4 heterocycles. The van der Waals surface area contributed by atoms with Gasteiger partial charge in [-0.25, -0.2) is 0 Å². The Labute approximate surface area is 255 Å². The number of fused-ring (bicyclic) bond motifs is 2. The maximum atomic E-state index is 13.5. The third kappa shape index (κ3) is 4.81. The maximum Gasteiger partial charge on any atom is 0.309 e. The molecular formula is C34H34N2O8. The molecule has 5 atom stereocenters. The molecule has 3 aromatic rings. The topological polar surface area (TPSA) is 109 Å². The van der Waals surface area contributed by atoms with Crippen molar-refractivity contribution in [2.45, 2.75) is 43.7 Å². The first-order valence-electron chi connectivity index (χ1n) is 14.8. The minimum Gasteiger partial charge on any atom is -0.465 e. The predicted octanol–water partition coefficient (Wildman–Crippen LogP) is 4.72. The highest BCUT2D eigenvalue weighted by molar-refractivity contribution is 5.76. The van der Waals surface area contributed by atoms with Gasteiger partial charge in [-0.1, -0.05) is 42.5 Å². The summed E-state index contributed by atoms with van der Waals surface area (Å²) in [7, 11) is 1.90. The molecule has 4 aliphatic heterocycles. The second kappa shape index (κ2) is 11.0. The number of cyclic esters (lactones) is 1. The molecule has 228 valence electrons. The van der Waals surface area contributed by atoms with Crippen LogP contribution in [0.4, 0.5) is 0 Å². The SMILES string of the molecule is CN([C@H]1COC(C)(C)O[C@H]1c1ccccc1)[C@@](C#N)(c1ccc2c(c1)OCO2)[C@@H]1COC(=O)[C@H]1Cc1ccc2c(c1)OCO2. The summed E-state index contributed by atoms with van der Waals surface area (Å²) in [6, 6.07) is 23.4. The molecule has 4 aliphatic rings. The van der Waals surface area contributed by atoms with E-state index in [4.69, 9.17) is 33.2 Å². The molecule has 0 radical (unpaired) electrons. The van der Waals surface area contributed by atoms with Gasteiger partial charge < -0.3 is 33.2 Å². The van der Waals surface area contributed by atoms with E-state index in [1.54, 1.807) is 0 Å². The van der Waals surface area contributed by atoms with Gasteiger partial charge in [0.1, 0.15) is 11.6 Å². The van der Waals surface area contributed by atoms with E-state index in [0.29, 0.717) is 41.6 Å². The fraction of sp³-hybridized carbons (Fsp3) is 0.412. The van der Waals surface area contributed by atoms with E-state index in [0.717, 1.165) is 11.1 Å². The number of nitriles is 1. The van der Waals surface area contributed by atoms with Gasteiger partial charge in [0.25, 0.3) is 0 Å². The maximum absolute atomic E-state index is 13.5. The molecule has 0 amide bonds. The summed E-state index contributed by atoms with van der Waals surface area (Å²) in [5, 5.41) is 11.3. The lowest BCUT2D eigenvalue weighted by molar-refractivity contribution is -0.301. The number of hydrogen-bond donors (Lipinski definition) is 0. The van der Waals surface area contributed by atoms with Crippen molar-refractivity contribution in [3.05, 3.63) is 83.4 Å². The first-order valence-corrected chi connectivity index (χ1v) is 14.8. The number of nitrogens with zero attached hydrogens (tertiary/aromatic N) is 2. The molecule has 0 N–H and O–H groups in total. The first-order chi connectivity index (χ1) is 21.3. The van der Waals surface area contributed by atoms with Crippen LogP contribution in [0.15, 0.2) is 66.7 Å². The van der Waals surface area contributed by atoms with E-state index < -0.39 is 35.3 Å². The Morgan fingerprint density at radius 1 is 0.886 bits per heavy atom. The molecule has 0 spiro atoms. The zero-order valence-corrected chi connectivity index (χ0v) is 24.9. The van der Waals surface area contributed by atoms with Crippen molar-refractivity contribution in [2.24, 2.45) is 11.8 Å². The van der Waals surface area contributed by atoms with Crippen LogP contribution in [0.5, 0.6) is 23.0 Å². The third-order valence-corrected chi connectivity index (χ3v) is 9.15. The van der Waals surface area contributed by atoms with E-state index in [1.807, 2.05) is 92.5 Å². The Kier molecular flexibility index (Phi) is 7.12. The molecule has 2 saturated heterocycles. The second-order valence-electron chi connectivity index (χ2n) is 12.0. The van der Waals surface area contributed by atoms with Crippen LogP contribution in [0, 0.1) is 23.2 Å². The summed E-state index contributed by atoms with van der Waals surface area (Å²) >= 11 is 0. The Morgan fingerprint density at radius 2 is 1.57 bits per heavy atom. The van der Waals surface area contributed by atoms with Gasteiger partial charge in [-0.05, 0) is 68.3 Å². The van der Waals surface area contributed by atoms with Gasteiger partial charge in [-0.15, -0.1) is 0 Å². The molecule has 2 fully saturated rings. The molecule has 7 rings (SSSR count). The molecule has 0 aliphatic carbocycles. The van der Waals surface area contributed by atoms with Crippen LogP contribution in [-0.2, 0) is 31.0 Å². The Bertz CT molecular complexity index is 1600. The summed E-state index contributed by atoms with van der Waals surface area (Å²) < 4.78 is 40.9. The summed E-state index contributed by atoms with van der Waals surface area (Å²) in [5.41, 5.74) is 1.17. The molecule has 0 aromatic heterocycles. The zero-order chi connectivity index (χ0) is 30.5. The minimum atomic E-state index is -1.35. The summed E-state index contributed by atoms with van der Waals surface area (Å²) in [6.45, 7) is 4.40. The molecular weight excluding hydrogens is 564 g/mol. The largest absolute Gasteiger partial charge is 0.465 e. The fourth-order valence-electron chi connectivity index (χ4n) is 6.86. The predicted molar refractivity (Wildman–Crippen MR) is 156 cm³/mol. The normalized spacial score (nSPS) is 26.2. The van der Waals surface area contributed by atoms with E-state index in [-0.39, 0.29) is 26.2 Å². The van der Waals surface area contributed by atoms with Gasteiger partial charge >= 0.3 is 5.97 Å². The van der Waals surface area contributed by atoms with Gasteiger partial charge in [0.05, 0.1) is 31.2 Å². The molecule has 3 aromatic carbocycles. The van der Waals surface area contributed by atoms with Crippen molar-refractivity contribution in [3.8, 4) is 29.1 Å². The van der Waals surface area contributed by atoms with Crippen molar-refractivity contribution in [1.29, 1.82) is 5.26 Å². The van der Waals surface area contributed by atoms with Crippen LogP contribution in [0.1, 0.15) is 36.6 Å². The lowest BCUT2D eigenvalue weighted by atomic mass is 9.70. The van der Waals surface area contributed by atoms with Crippen LogP contribution in [-0.4, -0.2) is 56.5 Å². The van der Waals surface area contributed by atoms with Gasteiger partial charge in [0, 0.05) is 5.92 Å².